The number of carboxylic acids is 1. The Hall–Kier alpha value is -2.17. The highest BCUT2D eigenvalue weighted by Crippen LogP contribution is 2.31. The molecular weight excluding hydrogens is 432 g/mol. The number of hydrogen-bond acceptors (Lipinski definition) is 6. The first-order valence-electron chi connectivity index (χ1n) is 11.3. The first kappa shape index (κ1) is 24.5. The van der Waals surface area contributed by atoms with Crippen LogP contribution in [0.15, 0.2) is 23.1 Å². The van der Waals surface area contributed by atoms with Crippen LogP contribution >= 0.6 is 0 Å². The van der Waals surface area contributed by atoms with Crippen LogP contribution in [-0.4, -0.2) is 62.0 Å². The second kappa shape index (κ2) is 10.2. The molecule has 1 amide bonds. The zero-order valence-corrected chi connectivity index (χ0v) is 19.5. The molecule has 1 aromatic rings. The molecular formula is C22H34N4O5S. The number of nitrogens with one attached hydrogen (secondary N) is 2. The Morgan fingerprint density at radius 1 is 1.31 bits per heavy atom. The van der Waals surface area contributed by atoms with Crippen molar-refractivity contribution in [1.82, 2.24) is 9.62 Å². The molecule has 5 N–H and O–H groups in total. The van der Waals surface area contributed by atoms with Gasteiger partial charge in [0.2, 0.25) is 15.9 Å². The van der Waals surface area contributed by atoms with Gasteiger partial charge in [0.25, 0.3) is 0 Å². The van der Waals surface area contributed by atoms with Gasteiger partial charge in [0, 0.05) is 13.1 Å². The molecule has 3 unspecified atom stereocenters. The zero-order valence-electron chi connectivity index (χ0n) is 18.7. The van der Waals surface area contributed by atoms with Gasteiger partial charge in [-0.3, -0.25) is 4.79 Å². The molecule has 1 fully saturated rings. The number of carbonyl (C=O) groups excluding carboxylic acids is 1. The first-order chi connectivity index (χ1) is 15.1. The van der Waals surface area contributed by atoms with Crippen molar-refractivity contribution in [3.05, 3.63) is 23.8 Å². The largest absolute Gasteiger partial charge is 0.480 e. The molecule has 10 heteroatoms. The fourth-order valence-electron chi connectivity index (χ4n) is 4.54. The number of fused-ring (bicyclic) bond motifs is 1. The van der Waals surface area contributed by atoms with E-state index in [0.717, 1.165) is 12.0 Å². The molecule has 178 valence electrons. The highest BCUT2D eigenvalue weighted by Gasteiger charge is 2.39. The highest BCUT2D eigenvalue weighted by molar-refractivity contribution is 7.89. The summed E-state index contributed by atoms with van der Waals surface area (Å²) in [6, 6.07) is 3.11. The van der Waals surface area contributed by atoms with Crippen molar-refractivity contribution < 1.29 is 23.1 Å². The minimum absolute atomic E-state index is 0.106. The molecule has 0 radical (unpaired) electrons. The number of para-hydroxylation sites is 1. The second-order valence-corrected chi connectivity index (χ2v) is 10.8. The van der Waals surface area contributed by atoms with Crippen molar-refractivity contribution in [1.29, 1.82) is 0 Å². The summed E-state index contributed by atoms with van der Waals surface area (Å²) in [4.78, 5) is 26.5. The number of piperidine rings is 1. The van der Waals surface area contributed by atoms with E-state index in [1.54, 1.807) is 6.07 Å². The van der Waals surface area contributed by atoms with E-state index in [1.807, 2.05) is 13.0 Å². The third kappa shape index (κ3) is 5.41. The van der Waals surface area contributed by atoms with Crippen LogP contribution in [0.4, 0.5) is 5.69 Å². The van der Waals surface area contributed by atoms with Crippen LogP contribution in [0.1, 0.15) is 45.1 Å². The molecule has 1 saturated heterocycles. The van der Waals surface area contributed by atoms with Gasteiger partial charge in [0.05, 0.1) is 5.69 Å². The third-order valence-electron chi connectivity index (χ3n) is 6.32. The van der Waals surface area contributed by atoms with Crippen molar-refractivity contribution in [2.75, 3.05) is 25.0 Å². The number of nitrogens with two attached hydrogens (primary N) is 1. The van der Waals surface area contributed by atoms with Crippen LogP contribution < -0.4 is 15.8 Å². The number of benzene rings is 1. The monoisotopic (exact) mass is 466 g/mol. The molecule has 0 aromatic heterocycles. The summed E-state index contributed by atoms with van der Waals surface area (Å²) in [6.45, 7) is 5.30. The predicted octanol–water partition coefficient (Wildman–Crippen LogP) is 1.39. The highest BCUT2D eigenvalue weighted by atomic mass is 32.2. The smallest absolute Gasteiger partial charge is 0.326 e. The SMILES string of the molecule is CC1CNc2c(cccc2S(=O)(=O)N[C@@H](CCCN)C(=O)N2CCC(C)CC2C(=O)O)C1. The van der Waals surface area contributed by atoms with Gasteiger partial charge < -0.3 is 21.1 Å². The Balaban J connectivity index is 1.88. The van der Waals surface area contributed by atoms with Crippen molar-refractivity contribution in [2.45, 2.75) is 62.9 Å². The van der Waals surface area contributed by atoms with Gasteiger partial charge >= 0.3 is 5.97 Å². The summed E-state index contributed by atoms with van der Waals surface area (Å²) >= 11 is 0. The normalized spacial score (nSPS) is 24.3. The van der Waals surface area contributed by atoms with E-state index in [4.69, 9.17) is 5.73 Å². The lowest BCUT2D eigenvalue weighted by atomic mass is 9.91. The van der Waals surface area contributed by atoms with E-state index in [2.05, 4.69) is 17.0 Å². The lowest BCUT2D eigenvalue weighted by Crippen LogP contribution is -2.56. The van der Waals surface area contributed by atoms with Crippen LogP contribution in [0.5, 0.6) is 0 Å². The lowest BCUT2D eigenvalue weighted by molar-refractivity contribution is -0.153. The fraction of sp³-hybridized carbons (Fsp3) is 0.636. The Morgan fingerprint density at radius 2 is 2.06 bits per heavy atom. The molecule has 9 nitrogen and oxygen atoms in total. The number of nitrogens with zero attached hydrogens (tertiary/aromatic N) is 1. The molecule has 32 heavy (non-hydrogen) atoms. The number of aliphatic carboxylic acids is 1. The average Bonchev–Trinajstić information content (AvgIpc) is 2.75. The maximum Gasteiger partial charge on any atom is 0.326 e. The van der Waals surface area contributed by atoms with Crippen molar-refractivity contribution in [3.63, 3.8) is 0 Å². The topological polar surface area (TPSA) is 142 Å². The molecule has 2 aliphatic heterocycles. The summed E-state index contributed by atoms with van der Waals surface area (Å²) in [5.74, 6) is -1.00. The number of amides is 1. The Morgan fingerprint density at radius 3 is 2.75 bits per heavy atom. The minimum atomic E-state index is -4.03. The van der Waals surface area contributed by atoms with Gasteiger partial charge in [-0.1, -0.05) is 26.0 Å². The van der Waals surface area contributed by atoms with E-state index < -0.39 is 34.0 Å². The number of carbonyl (C=O) groups is 2. The number of likely N-dealkylation sites (tertiary alicyclic amines) is 1. The van der Waals surface area contributed by atoms with E-state index in [9.17, 15) is 23.1 Å². The van der Waals surface area contributed by atoms with Gasteiger partial charge in [-0.2, -0.15) is 4.72 Å². The molecule has 1 aromatic carbocycles. The Bertz CT molecular complexity index is 952. The van der Waals surface area contributed by atoms with E-state index in [0.29, 0.717) is 44.0 Å². The van der Waals surface area contributed by atoms with Gasteiger partial charge in [-0.05, 0) is 62.1 Å². The maximum absolute atomic E-state index is 13.3. The molecule has 0 bridgehead atoms. The fourth-order valence-corrected chi connectivity index (χ4v) is 5.99. The Labute approximate surface area is 189 Å². The predicted molar refractivity (Wildman–Crippen MR) is 122 cm³/mol. The molecule has 2 heterocycles. The van der Waals surface area contributed by atoms with Gasteiger partial charge in [0.1, 0.15) is 17.0 Å². The molecule has 0 saturated carbocycles. The zero-order chi connectivity index (χ0) is 23.5. The van der Waals surface area contributed by atoms with Gasteiger partial charge in [0.15, 0.2) is 0 Å². The van der Waals surface area contributed by atoms with Crippen LogP contribution in [0.3, 0.4) is 0 Å². The summed E-state index contributed by atoms with van der Waals surface area (Å²) < 4.78 is 29.3. The minimum Gasteiger partial charge on any atom is -0.480 e. The van der Waals surface area contributed by atoms with Gasteiger partial charge in [-0.25, -0.2) is 13.2 Å². The van der Waals surface area contributed by atoms with Crippen LogP contribution in [0.2, 0.25) is 0 Å². The number of anilines is 1. The van der Waals surface area contributed by atoms with Crippen LogP contribution in [-0.2, 0) is 26.0 Å². The van der Waals surface area contributed by atoms with Gasteiger partial charge in [-0.15, -0.1) is 0 Å². The lowest BCUT2D eigenvalue weighted by Gasteiger charge is -2.38. The molecule has 2 aliphatic rings. The molecule has 4 atom stereocenters. The quantitative estimate of drug-likeness (QED) is 0.453. The van der Waals surface area contributed by atoms with Crippen molar-refractivity contribution in [2.24, 2.45) is 17.6 Å². The molecule has 3 rings (SSSR count). The maximum atomic E-state index is 13.3. The number of sulfonamides is 1. The summed E-state index contributed by atoms with van der Waals surface area (Å²) in [7, 11) is -4.03. The second-order valence-electron chi connectivity index (χ2n) is 9.10. The standard InChI is InChI=1S/C22H34N4O5S/c1-14-8-10-26(18(12-14)22(28)29)21(27)17(6-4-9-23)25-32(30,31)19-7-3-5-16-11-15(2)13-24-20(16)19/h3,5,7,14-15,17-18,24-25H,4,6,8-13,23H2,1-2H3,(H,28,29)/t14?,15?,17-,18?/m0/s1. The van der Waals surface area contributed by atoms with E-state index in [1.165, 1.54) is 11.0 Å². The summed E-state index contributed by atoms with van der Waals surface area (Å²) in [5.41, 5.74) is 7.11. The third-order valence-corrected chi connectivity index (χ3v) is 7.84. The molecule has 0 spiro atoms. The summed E-state index contributed by atoms with van der Waals surface area (Å²) in [5, 5.41) is 12.8. The van der Waals surface area contributed by atoms with E-state index in [-0.39, 0.29) is 23.8 Å². The summed E-state index contributed by atoms with van der Waals surface area (Å²) in [6.07, 6.45) is 2.44. The van der Waals surface area contributed by atoms with Crippen molar-refractivity contribution >= 4 is 27.6 Å². The van der Waals surface area contributed by atoms with Crippen LogP contribution in [0.25, 0.3) is 0 Å². The average molecular weight is 467 g/mol. The first-order valence-corrected chi connectivity index (χ1v) is 12.7. The number of rotatable bonds is 8. The van der Waals surface area contributed by atoms with E-state index >= 15 is 0 Å². The van der Waals surface area contributed by atoms with Crippen LogP contribution in [0, 0.1) is 11.8 Å². The Kier molecular flexibility index (Phi) is 7.79. The number of hydrogen-bond donors (Lipinski definition) is 4. The molecule has 0 aliphatic carbocycles. The number of carboxylic acid groups (broad SMARTS) is 1. The van der Waals surface area contributed by atoms with Crippen molar-refractivity contribution in [3.8, 4) is 0 Å².